The summed E-state index contributed by atoms with van der Waals surface area (Å²) in [6, 6.07) is 0. The van der Waals surface area contributed by atoms with E-state index in [-0.39, 0.29) is 12.7 Å². The topological polar surface area (TPSA) is 29.5 Å². The van der Waals surface area contributed by atoms with Crippen LogP contribution in [0.3, 0.4) is 0 Å². The molecule has 8 heavy (non-hydrogen) atoms. The molecule has 0 spiro atoms. The molecule has 1 N–H and O–H groups in total. The highest BCUT2D eigenvalue weighted by Crippen LogP contribution is 2.18. The van der Waals surface area contributed by atoms with Crippen LogP contribution in [0.2, 0.25) is 0 Å². The van der Waals surface area contributed by atoms with Crippen molar-refractivity contribution >= 4 is 0 Å². The van der Waals surface area contributed by atoms with Gasteiger partial charge in [-0.2, -0.15) is 0 Å². The van der Waals surface area contributed by atoms with Gasteiger partial charge in [0.25, 0.3) is 0 Å². The lowest BCUT2D eigenvalue weighted by atomic mass is 10.1. The summed E-state index contributed by atoms with van der Waals surface area (Å²) >= 11 is 0. The van der Waals surface area contributed by atoms with Crippen molar-refractivity contribution in [2.45, 2.75) is 19.4 Å². The molecule has 2 heteroatoms. The van der Waals surface area contributed by atoms with Gasteiger partial charge in [0.05, 0.1) is 12.7 Å². The van der Waals surface area contributed by atoms with Crippen molar-refractivity contribution in [3.05, 3.63) is 0 Å². The van der Waals surface area contributed by atoms with Gasteiger partial charge in [0.1, 0.15) is 0 Å². The monoisotopic (exact) mass is 116 g/mol. The van der Waals surface area contributed by atoms with Crippen molar-refractivity contribution < 1.29 is 9.84 Å². The molecule has 0 saturated carbocycles. The van der Waals surface area contributed by atoms with E-state index in [9.17, 15) is 0 Å². The molecular formula is C6H12O2. The molecule has 1 aliphatic rings. The third kappa shape index (κ3) is 1.01. The van der Waals surface area contributed by atoms with Crippen LogP contribution >= 0.6 is 0 Å². The number of hydrogen-bond donors (Lipinski definition) is 1. The summed E-state index contributed by atoms with van der Waals surface area (Å²) in [6.07, 6.45) is 1.22. The second-order valence-corrected chi connectivity index (χ2v) is 2.36. The molecule has 1 saturated heterocycles. The highest BCUT2D eigenvalue weighted by molar-refractivity contribution is 4.70. The van der Waals surface area contributed by atoms with Crippen molar-refractivity contribution in [2.75, 3.05) is 13.2 Å². The first kappa shape index (κ1) is 6.05. The first-order valence-electron chi connectivity index (χ1n) is 3.07. The van der Waals surface area contributed by atoms with E-state index in [1.165, 1.54) is 0 Å². The van der Waals surface area contributed by atoms with E-state index in [1.54, 1.807) is 0 Å². The van der Waals surface area contributed by atoms with Crippen LogP contribution in [0.1, 0.15) is 13.3 Å². The predicted octanol–water partition coefficient (Wildman–Crippen LogP) is 0.404. The van der Waals surface area contributed by atoms with Crippen LogP contribution in [0.15, 0.2) is 0 Å². The molecule has 1 fully saturated rings. The first-order chi connectivity index (χ1) is 3.84. The van der Waals surface area contributed by atoms with Gasteiger partial charge in [-0.15, -0.1) is 0 Å². The van der Waals surface area contributed by atoms with Crippen LogP contribution in [-0.2, 0) is 4.74 Å². The fourth-order valence-electron chi connectivity index (χ4n) is 0.988. The van der Waals surface area contributed by atoms with E-state index in [2.05, 4.69) is 6.92 Å². The molecule has 2 unspecified atom stereocenters. The van der Waals surface area contributed by atoms with Crippen LogP contribution in [0.25, 0.3) is 0 Å². The third-order valence-electron chi connectivity index (χ3n) is 1.72. The fourth-order valence-corrected chi connectivity index (χ4v) is 0.988. The van der Waals surface area contributed by atoms with Gasteiger partial charge in [-0.1, -0.05) is 6.92 Å². The van der Waals surface area contributed by atoms with Crippen molar-refractivity contribution in [1.29, 1.82) is 0 Å². The lowest BCUT2D eigenvalue weighted by Gasteiger charge is -2.08. The summed E-state index contributed by atoms with van der Waals surface area (Å²) < 4.78 is 5.16. The zero-order valence-corrected chi connectivity index (χ0v) is 5.13. The standard InChI is InChI=1S/C6H12O2/c1-5-2-3-8-6(5)4-7/h5-7H,2-4H2,1H3. The molecule has 0 aromatic heterocycles. The minimum absolute atomic E-state index is 0.120. The zero-order valence-electron chi connectivity index (χ0n) is 5.13. The van der Waals surface area contributed by atoms with Crippen LogP contribution in [-0.4, -0.2) is 24.4 Å². The van der Waals surface area contributed by atoms with Gasteiger partial charge in [0.2, 0.25) is 0 Å². The normalized spacial score (nSPS) is 38.2. The predicted molar refractivity (Wildman–Crippen MR) is 30.6 cm³/mol. The average Bonchev–Trinajstić information content (AvgIpc) is 2.14. The molecule has 1 heterocycles. The van der Waals surface area contributed by atoms with Crippen LogP contribution in [0, 0.1) is 5.92 Å². The second kappa shape index (κ2) is 2.46. The molecular weight excluding hydrogens is 104 g/mol. The molecule has 0 radical (unpaired) electrons. The molecule has 0 aromatic carbocycles. The minimum atomic E-state index is 0.120. The van der Waals surface area contributed by atoms with Crippen LogP contribution in [0.4, 0.5) is 0 Å². The van der Waals surface area contributed by atoms with Crippen LogP contribution in [0.5, 0.6) is 0 Å². The van der Waals surface area contributed by atoms with E-state index in [0.29, 0.717) is 5.92 Å². The SMILES string of the molecule is CC1CCOC1CO. The van der Waals surface area contributed by atoms with E-state index < -0.39 is 0 Å². The number of ether oxygens (including phenoxy) is 1. The van der Waals surface area contributed by atoms with Gasteiger partial charge in [0.15, 0.2) is 0 Å². The van der Waals surface area contributed by atoms with Gasteiger partial charge >= 0.3 is 0 Å². The summed E-state index contributed by atoms with van der Waals surface area (Å²) in [5, 5.41) is 8.61. The summed E-state index contributed by atoms with van der Waals surface area (Å²) in [4.78, 5) is 0. The highest BCUT2D eigenvalue weighted by Gasteiger charge is 2.22. The number of aliphatic hydroxyl groups is 1. The molecule has 2 atom stereocenters. The Balaban J connectivity index is 2.30. The Morgan fingerprint density at radius 1 is 1.75 bits per heavy atom. The van der Waals surface area contributed by atoms with Crippen molar-refractivity contribution in [3.8, 4) is 0 Å². The fraction of sp³-hybridized carbons (Fsp3) is 1.00. The maximum atomic E-state index is 8.61. The summed E-state index contributed by atoms with van der Waals surface area (Å²) in [5.41, 5.74) is 0. The lowest BCUT2D eigenvalue weighted by Crippen LogP contribution is -2.17. The average molecular weight is 116 g/mol. The summed E-state index contributed by atoms with van der Waals surface area (Å²) in [6.45, 7) is 3.11. The molecule has 0 aromatic rings. The highest BCUT2D eigenvalue weighted by atomic mass is 16.5. The number of hydrogen-bond acceptors (Lipinski definition) is 2. The Hall–Kier alpha value is -0.0800. The quantitative estimate of drug-likeness (QED) is 0.537. The van der Waals surface area contributed by atoms with Gasteiger partial charge < -0.3 is 9.84 Å². The Labute approximate surface area is 49.5 Å². The van der Waals surface area contributed by atoms with Gasteiger partial charge in [-0.05, 0) is 12.3 Å². The smallest absolute Gasteiger partial charge is 0.0832 e. The van der Waals surface area contributed by atoms with E-state index in [4.69, 9.17) is 9.84 Å². The van der Waals surface area contributed by atoms with Crippen LogP contribution < -0.4 is 0 Å². The number of rotatable bonds is 1. The molecule has 0 bridgehead atoms. The van der Waals surface area contributed by atoms with E-state index in [0.717, 1.165) is 13.0 Å². The van der Waals surface area contributed by atoms with Crippen molar-refractivity contribution in [3.63, 3.8) is 0 Å². The maximum absolute atomic E-state index is 8.61. The largest absolute Gasteiger partial charge is 0.394 e. The van der Waals surface area contributed by atoms with Crippen molar-refractivity contribution in [2.24, 2.45) is 5.92 Å². The summed E-state index contributed by atoms with van der Waals surface area (Å²) in [5.74, 6) is 0.556. The Morgan fingerprint density at radius 3 is 2.75 bits per heavy atom. The molecule has 48 valence electrons. The Bertz CT molecular complexity index is 72.9. The second-order valence-electron chi connectivity index (χ2n) is 2.36. The summed E-state index contributed by atoms with van der Waals surface area (Å²) in [7, 11) is 0. The lowest BCUT2D eigenvalue weighted by molar-refractivity contribution is 0.0431. The van der Waals surface area contributed by atoms with Gasteiger partial charge in [0, 0.05) is 6.61 Å². The number of aliphatic hydroxyl groups excluding tert-OH is 1. The van der Waals surface area contributed by atoms with Gasteiger partial charge in [-0.25, -0.2) is 0 Å². The first-order valence-corrected chi connectivity index (χ1v) is 3.07. The molecule has 0 amide bonds. The third-order valence-corrected chi connectivity index (χ3v) is 1.72. The zero-order chi connectivity index (χ0) is 5.98. The molecule has 1 aliphatic heterocycles. The van der Waals surface area contributed by atoms with Crippen molar-refractivity contribution in [1.82, 2.24) is 0 Å². The van der Waals surface area contributed by atoms with Gasteiger partial charge in [-0.3, -0.25) is 0 Å². The van der Waals surface area contributed by atoms with E-state index >= 15 is 0 Å². The minimum Gasteiger partial charge on any atom is -0.394 e. The molecule has 0 aliphatic carbocycles. The molecule has 1 rings (SSSR count). The maximum Gasteiger partial charge on any atom is 0.0832 e. The Morgan fingerprint density at radius 2 is 2.50 bits per heavy atom. The Kier molecular flexibility index (Phi) is 1.86. The molecule has 2 nitrogen and oxygen atoms in total. The van der Waals surface area contributed by atoms with E-state index in [1.807, 2.05) is 0 Å².